The monoisotopic (exact) mass is 770 g/mol. The average Bonchev–Trinajstić information content (AvgIpc) is 3.69. The van der Waals surface area contributed by atoms with Crippen molar-refractivity contribution in [3.05, 3.63) is 167 Å². The van der Waals surface area contributed by atoms with Gasteiger partial charge in [-0.25, -0.2) is 4.98 Å². The number of phenolic OH excluding ortho intramolecular Hbond substituents is 1. The highest BCUT2D eigenvalue weighted by molar-refractivity contribution is 5.97. The molecule has 0 bridgehead atoms. The van der Waals surface area contributed by atoms with E-state index < -0.39 is 31.8 Å². The first-order valence-corrected chi connectivity index (χ1v) is 19.6. The van der Waals surface area contributed by atoms with Gasteiger partial charge >= 0.3 is 0 Å². The summed E-state index contributed by atoms with van der Waals surface area (Å²) in [5.74, 6) is 0.323. The van der Waals surface area contributed by atoms with Crippen LogP contribution in [0.3, 0.4) is 0 Å². The average molecular weight is 771 g/mol. The molecule has 0 atom stereocenters. The molecule has 0 unspecified atom stereocenters. The van der Waals surface area contributed by atoms with Crippen molar-refractivity contribution in [3.63, 3.8) is 0 Å². The molecule has 0 fully saturated rings. The van der Waals surface area contributed by atoms with E-state index in [9.17, 15) is 5.11 Å². The fourth-order valence-corrected chi connectivity index (χ4v) is 7.50. The Labute approximate surface area is 359 Å². The van der Waals surface area contributed by atoms with Crippen LogP contribution in [0, 0.1) is 13.7 Å². The van der Waals surface area contributed by atoms with Crippen molar-refractivity contribution < 1.29 is 20.2 Å². The van der Waals surface area contributed by atoms with Crippen LogP contribution in [0.1, 0.15) is 103 Å². The van der Waals surface area contributed by atoms with Crippen molar-refractivity contribution in [1.29, 1.82) is 0 Å². The van der Waals surface area contributed by atoms with Gasteiger partial charge in [-0.2, -0.15) is 0 Å². The van der Waals surface area contributed by atoms with Crippen molar-refractivity contribution >= 4 is 11.0 Å². The maximum absolute atomic E-state index is 12.3. The van der Waals surface area contributed by atoms with Gasteiger partial charge < -0.3 is 5.11 Å². The molecule has 8 rings (SSSR count). The van der Waals surface area contributed by atoms with Crippen LogP contribution in [0.25, 0.3) is 72.7 Å². The summed E-state index contributed by atoms with van der Waals surface area (Å²) in [4.78, 5) is 10.1. The third-order valence-corrected chi connectivity index (χ3v) is 10.8. The predicted molar refractivity (Wildman–Crippen MR) is 244 cm³/mol. The minimum atomic E-state index is -2.84. The van der Waals surface area contributed by atoms with Crippen LogP contribution in [0.2, 0.25) is 0 Å². The molecule has 0 aliphatic carbocycles. The number of rotatable bonds is 8. The van der Waals surface area contributed by atoms with Gasteiger partial charge in [0.25, 0.3) is 0 Å². The van der Waals surface area contributed by atoms with Crippen LogP contribution in [0.5, 0.6) is 5.75 Å². The van der Waals surface area contributed by atoms with E-state index in [-0.39, 0.29) is 57.3 Å². The molecule has 290 valence electrons. The molecular formula is C54H53N3O. The molecule has 0 saturated heterocycles. The quantitative estimate of drug-likeness (QED) is 0.167. The second-order valence-electron chi connectivity index (χ2n) is 16.5. The summed E-state index contributed by atoms with van der Waals surface area (Å²) >= 11 is 0. The lowest BCUT2D eigenvalue weighted by atomic mass is 9.83. The van der Waals surface area contributed by atoms with Gasteiger partial charge in [0.1, 0.15) is 11.6 Å². The fraction of sp³-hybridized carbons (Fsp3) is 0.222. The fourth-order valence-electron chi connectivity index (χ4n) is 7.50. The molecular weight excluding hydrogens is 707 g/mol. The topological polar surface area (TPSA) is 50.9 Å². The van der Waals surface area contributed by atoms with E-state index in [1.807, 2.05) is 60.9 Å². The zero-order valence-corrected chi connectivity index (χ0v) is 33.8. The lowest BCUT2D eigenvalue weighted by Gasteiger charge is -2.22. The Kier molecular flexibility index (Phi) is 7.20. The number of imidazole rings is 1. The number of para-hydroxylation sites is 1. The molecule has 2 heterocycles. The van der Waals surface area contributed by atoms with E-state index in [0.29, 0.717) is 61.6 Å². The van der Waals surface area contributed by atoms with E-state index in [4.69, 9.17) is 25.0 Å². The van der Waals surface area contributed by atoms with E-state index in [1.165, 1.54) is 6.07 Å². The molecule has 0 radical (unpaired) electrons. The molecule has 1 N–H and O–H groups in total. The van der Waals surface area contributed by atoms with Gasteiger partial charge in [-0.05, 0) is 135 Å². The van der Waals surface area contributed by atoms with Gasteiger partial charge in [0, 0.05) is 31.2 Å². The van der Waals surface area contributed by atoms with Gasteiger partial charge in [0.05, 0.1) is 29.1 Å². The molecule has 4 nitrogen and oxygen atoms in total. The van der Waals surface area contributed by atoms with Crippen LogP contribution in [-0.2, 0) is 5.41 Å². The highest BCUT2D eigenvalue weighted by Crippen LogP contribution is 2.44. The maximum atomic E-state index is 12.3. The van der Waals surface area contributed by atoms with Crippen molar-refractivity contribution in [2.75, 3.05) is 0 Å². The number of pyridine rings is 1. The van der Waals surface area contributed by atoms with Crippen LogP contribution >= 0.6 is 0 Å². The second-order valence-corrected chi connectivity index (χ2v) is 16.5. The van der Waals surface area contributed by atoms with Gasteiger partial charge in [-0.1, -0.05) is 133 Å². The first kappa shape index (κ1) is 27.4. The Balaban J connectivity index is 1.47. The highest BCUT2D eigenvalue weighted by Gasteiger charge is 2.25. The standard InChI is InChI=1S/C54H53N3O/c1-33(2)40-29-46(34(3)4)52(58)48(30-40)53-56-51-45(21-16-22-50(51)57(53)44-25-35(5)36(6)47(32-44)38-19-14-11-15-20-38)41-26-42(28-43(27-41)54(7,8)9)49-31-39(23-24-55-49)37-17-12-10-13-18-37/h10-34,58H,1-9H3/i5D3,6D3,10D,12D,13D,17D,18D. The van der Waals surface area contributed by atoms with Gasteiger partial charge in [0.15, 0.2) is 0 Å². The van der Waals surface area contributed by atoms with Crippen LogP contribution in [0.4, 0.5) is 0 Å². The Morgan fingerprint density at radius 2 is 1.45 bits per heavy atom. The SMILES string of the molecule is [2H]c1c([2H])c([2H])c(-c2ccnc(-c3cc(-c4cccc5c4nc(-c4cc(C(C)C)cc(C(C)C)c4O)n5-c4cc(-c5ccccc5)c(C([2H])([2H])[2H])c(C([2H])([2H])[2H])c4)cc(C(C)(C)C)c3)c2)c([2H])c1[2H]. The summed E-state index contributed by atoms with van der Waals surface area (Å²) < 4.78 is 96.0. The molecule has 0 spiro atoms. The van der Waals surface area contributed by atoms with Crippen molar-refractivity contribution in [3.8, 4) is 67.5 Å². The van der Waals surface area contributed by atoms with E-state index in [1.54, 1.807) is 54.7 Å². The van der Waals surface area contributed by atoms with Crippen LogP contribution in [0.15, 0.2) is 140 Å². The maximum Gasteiger partial charge on any atom is 0.149 e. The summed E-state index contributed by atoms with van der Waals surface area (Å²) in [5.41, 5.74) is 7.33. The Hall–Kier alpha value is -6.26. The summed E-state index contributed by atoms with van der Waals surface area (Å²) in [7, 11) is 0. The summed E-state index contributed by atoms with van der Waals surface area (Å²) in [6.07, 6.45) is 1.56. The second kappa shape index (κ2) is 15.2. The molecule has 4 heteroatoms. The molecule has 2 aromatic heterocycles. The highest BCUT2D eigenvalue weighted by atomic mass is 16.3. The number of aromatic nitrogens is 3. The first-order valence-electron chi connectivity index (χ1n) is 25.1. The number of aromatic hydroxyl groups is 1. The number of hydrogen-bond donors (Lipinski definition) is 1. The minimum Gasteiger partial charge on any atom is -0.507 e. The number of hydrogen-bond acceptors (Lipinski definition) is 3. The number of phenols is 1. The van der Waals surface area contributed by atoms with Crippen molar-refractivity contribution in [2.24, 2.45) is 0 Å². The smallest absolute Gasteiger partial charge is 0.149 e. The molecule has 8 aromatic rings. The van der Waals surface area contributed by atoms with Crippen LogP contribution in [-0.4, -0.2) is 19.6 Å². The largest absolute Gasteiger partial charge is 0.507 e. The Morgan fingerprint density at radius 3 is 2.16 bits per heavy atom. The zero-order chi connectivity index (χ0) is 50.2. The molecule has 0 saturated carbocycles. The first-order chi connectivity index (χ1) is 32.3. The molecule has 0 amide bonds. The summed E-state index contributed by atoms with van der Waals surface area (Å²) in [5, 5.41) is 12.3. The Morgan fingerprint density at radius 1 is 0.672 bits per heavy atom. The van der Waals surface area contributed by atoms with E-state index in [0.717, 1.165) is 16.7 Å². The third kappa shape index (κ3) is 7.24. The number of benzene rings is 6. The molecule has 58 heavy (non-hydrogen) atoms. The molecule has 0 aliphatic rings. The van der Waals surface area contributed by atoms with Gasteiger partial charge in [-0.3, -0.25) is 9.55 Å². The third-order valence-electron chi connectivity index (χ3n) is 10.8. The number of aryl methyl sites for hydroxylation is 1. The minimum absolute atomic E-state index is 0.0213. The summed E-state index contributed by atoms with van der Waals surface area (Å²) in [6, 6.07) is 29.0. The van der Waals surface area contributed by atoms with Crippen LogP contribution < -0.4 is 0 Å². The van der Waals surface area contributed by atoms with Gasteiger partial charge in [0.2, 0.25) is 0 Å². The van der Waals surface area contributed by atoms with Gasteiger partial charge in [-0.15, -0.1) is 0 Å². The normalized spacial score (nSPS) is 15.1. The Bertz CT molecular complexity index is 3280. The molecule has 0 aliphatic heterocycles. The number of fused-ring (bicyclic) bond motifs is 1. The predicted octanol–water partition coefficient (Wildman–Crippen LogP) is 14.6. The lowest BCUT2D eigenvalue weighted by molar-refractivity contribution is 0.466. The van der Waals surface area contributed by atoms with Crippen molar-refractivity contribution in [1.82, 2.24) is 14.5 Å². The zero-order valence-electron chi connectivity index (χ0n) is 44.8. The number of nitrogens with zero attached hydrogens (tertiary/aromatic N) is 3. The lowest BCUT2D eigenvalue weighted by Crippen LogP contribution is -2.11. The van der Waals surface area contributed by atoms with E-state index >= 15 is 0 Å². The molecule has 6 aromatic carbocycles. The summed E-state index contributed by atoms with van der Waals surface area (Å²) in [6.45, 7) is 8.77. The van der Waals surface area contributed by atoms with Crippen molar-refractivity contribution in [2.45, 2.75) is 79.4 Å². The van der Waals surface area contributed by atoms with E-state index in [2.05, 4.69) is 40.7 Å².